The summed E-state index contributed by atoms with van der Waals surface area (Å²) < 4.78 is 4.94. The number of hydrogen-bond acceptors (Lipinski definition) is 3. The fourth-order valence-electron chi connectivity index (χ4n) is 0.838. The van der Waals surface area contributed by atoms with Crippen molar-refractivity contribution >= 4 is 5.78 Å². The van der Waals surface area contributed by atoms with Crippen molar-refractivity contribution in [2.24, 2.45) is 0 Å². The van der Waals surface area contributed by atoms with Gasteiger partial charge >= 0.3 is 0 Å². The predicted octanol–water partition coefficient (Wildman–Crippen LogP) is 1.14. The van der Waals surface area contributed by atoms with Gasteiger partial charge in [-0.15, -0.1) is 0 Å². The van der Waals surface area contributed by atoms with E-state index in [9.17, 15) is 4.79 Å². The van der Waals surface area contributed by atoms with Crippen molar-refractivity contribution in [3.63, 3.8) is 0 Å². The molecule has 1 fully saturated rings. The molecular weight excluding hydrogens is 156 g/mol. The molecule has 1 aliphatic heterocycles. The molecule has 0 aliphatic carbocycles. The molecule has 1 rings (SSSR count). The van der Waals surface area contributed by atoms with Crippen LogP contribution in [-0.2, 0) is 9.53 Å². The molecule has 1 N–H and O–H groups in total. The maximum atomic E-state index is 10.1. The summed E-state index contributed by atoms with van der Waals surface area (Å²) in [6, 6.07) is 0. The zero-order valence-corrected chi connectivity index (χ0v) is 7.71. The van der Waals surface area contributed by atoms with Gasteiger partial charge in [0, 0.05) is 26.2 Å². The molecule has 0 aromatic rings. The summed E-state index contributed by atoms with van der Waals surface area (Å²) in [7, 11) is 0. The van der Waals surface area contributed by atoms with Gasteiger partial charge in [-0.1, -0.05) is 0 Å². The summed E-state index contributed by atoms with van der Waals surface area (Å²) in [5, 5.41) is 8.16. The maximum absolute atomic E-state index is 10.1. The second-order valence-electron chi connectivity index (χ2n) is 2.85. The van der Waals surface area contributed by atoms with Gasteiger partial charge in [0.25, 0.3) is 0 Å². The van der Waals surface area contributed by atoms with E-state index < -0.39 is 0 Å². The number of carbonyl (C=O) groups is 1. The minimum absolute atomic E-state index is 0.125. The molecule has 72 valence electrons. The highest BCUT2D eigenvalue weighted by Crippen LogP contribution is 1.98. The Morgan fingerprint density at radius 2 is 2.00 bits per heavy atom. The number of hydrogen-bond donors (Lipinski definition) is 1. The van der Waals surface area contributed by atoms with Gasteiger partial charge < -0.3 is 14.6 Å². The van der Waals surface area contributed by atoms with E-state index in [1.807, 2.05) is 0 Å². The Balaban J connectivity index is 0.000000211. The topological polar surface area (TPSA) is 46.5 Å². The smallest absolute Gasteiger partial charge is 0.129 e. The molecule has 0 amide bonds. The van der Waals surface area contributed by atoms with Crippen LogP contribution in [0.1, 0.15) is 32.6 Å². The van der Waals surface area contributed by atoms with Crippen molar-refractivity contribution in [2.45, 2.75) is 32.6 Å². The Bertz CT molecular complexity index is 101. The SMILES string of the molecule is C1CCOC1.CC(=O)CCCO. The molecule has 12 heavy (non-hydrogen) atoms. The summed E-state index contributed by atoms with van der Waals surface area (Å²) in [4.78, 5) is 10.1. The van der Waals surface area contributed by atoms with Crippen molar-refractivity contribution in [2.75, 3.05) is 19.8 Å². The van der Waals surface area contributed by atoms with E-state index in [2.05, 4.69) is 0 Å². The second-order valence-corrected chi connectivity index (χ2v) is 2.85. The monoisotopic (exact) mass is 174 g/mol. The van der Waals surface area contributed by atoms with Gasteiger partial charge in [0.15, 0.2) is 0 Å². The summed E-state index contributed by atoms with van der Waals surface area (Å²) in [5.41, 5.74) is 0. The molecule has 0 saturated carbocycles. The molecule has 0 aromatic carbocycles. The standard InChI is InChI=1S/C5H10O2.C4H8O/c1-5(7)3-2-4-6;1-2-4-5-3-1/h6H,2-4H2,1H3;1-4H2. The third-order valence-electron chi connectivity index (χ3n) is 1.51. The number of aliphatic hydroxyl groups is 1. The first-order valence-electron chi connectivity index (χ1n) is 4.45. The Kier molecular flexibility index (Phi) is 8.39. The minimum Gasteiger partial charge on any atom is -0.396 e. The zero-order chi connectivity index (χ0) is 9.23. The van der Waals surface area contributed by atoms with Gasteiger partial charge in [-0.2, -0.15) is 0 Å². The Hall–Kier alpha value is -0.410. The predicted molar refractivity (Wildman–Crippen MR) is 47.1 cm³/mol. The van der Waals surface area contributed by atoms with Crippen LogP contribution in [0.15, 0.2) is 0 Å². The van der Waals surface area contributed by atoms with Crippen LogP contribution in [0.3, 0.4) is 0 Å². The van der Waals surface area contributed by atoms with Crippen molar-refractivity contribution in [3.8, 4) is 0 Å². The van der Waals surface area contributed by atoms with Crippen LogP contribution in [0.5, 0.6) is 0 Å². The van der Waals surface area contributed by atoms with Gasteiger partial charge in [-0.05, 0) is 26.2 Å². The fourth-order valence-corrected chi connectivity index (χ4v) is 0.838. The van der Waals surface area contributed by atoms with Crippen molar-refractivity contribution in [1.82, 2.24) is 0 Å². The first-order chi connectivity index (χ1) is 5.77. The summed E-state index contributed by atoms with van der Waals surface area (Å²) in [6.45, 7) is 3.65. The second kappa shape index (κ2) is 8.68. The highest BCUT2D eigenvalue weighted by molar-refractivity contribution is 5.75. The lowest BCUT2D eigenvalue weighted by Gasteiger charge is -1.86. The molecule has 0 bridgehead atoms. The largest absolute Gasteiger partial charge is 0.396 e. The van der Waals surface area contributed by atoms with Gasteiger partial charge in [0.1, 0.15) is 5.78 Å². The summed E-state index contributed by atoms with van der Waals surface area (Å²) in [5.74, 6) is 0.147. The molecule has 1 heterocycles. The van der Waals surface area contributed by atoms with E-state index in [0.717, 1.165) is 13.2 Å². The molecule has 1 aliphatic rings. The van der Waals surface area contributed by atoms with Crippen LogP contribution in [0.2, 0.25) is 0 Å². The van der Waals surface area contributed by atoms with Gasteiger partial charge in [0.05, 0.1) is 0 Å². The van der Waals surface area contributed by atoms with Crippen molar-refractivity contribution < 1.29 is 14.6 Å². The van der Waals surface area contributed by atoms with E-state index in [-0.39, 0.29) is 12.4 Å². The summed E-state index contributed by atoms with van der Waals surface area (Å²) >= 11 is 0. The first kappa shape index (κ1) is 11.6. The lowest BCUT2D eigenvalue weighted by molar-refractivity contribution is -0.117. The lowest BCUT2D eigenvalue weighted by atomic mass is 10.2. The normalized spacial score (nSPS) is 15.2. The molecule has 3 nitrogen and oxygen atoms in total. The average molecular weight is 174 g/mol. The Morgan fingerprint density at radius 3 is 2.17 bits per heavy atom. The third kappa shape index (κ3) is 9.59. The highest BCUT2D eigenvalue weighted by Gasteiger charge is 1.94. The van der Waals surface area contributed by atoms with Crippen LogP contribution >= 0.6 is 0 Å². The van der Waals surface area contributed by atoms with Crippen LogP contribution < -0.4 is 0 Å². The number of aliphatic hydroxyl groups excluding tert-OH is 1. The molecule has 3 heteroatoms. The maximum Gasteiger partial charge on any atom is 0.129 e. The Morgan fingerprint density at radius 1 is 1.42 bits per heavy atom. The minimum atomic E-state index is 0.125. The van der Waals surface area contributed by atoms with Crippen LogP contribution in [0.4, 0.5) is 0 Å². The first-order valence-corrected chi connectivity index (χ1v) is 4.45. The third-order valence-corrected chi connectivity index (χ3v) is 1.51. The summed E-state index contributed by atoms with van der Waals surface area (Å²) in [6.07, 6.45) is 3.67. The van der Waals surface area contributed by atoms with Crippen LogP contribution in [-0.4, -0.2) is 30.7 Å². The van der Waals surface area contributed by atoms with Gasteiger partial charge in [-0.25, -0.2) is 0 Å². The van der Waals surface area contributed by atoms with Crippen molar-refractivity contribution in [1.29, 1.82) is 0 Å². The number of ether oxygens (including phenoxy) is 1. The van der Waals surface area contributed by atoms with Crippen LogP contribution in [0, 0.1) is 0 Å². The molecule has 0 unspecified atom stereocenters. The lowest BCUT2D eigenvalue weighted by Crippen LogP contribution is -1.91. The number of rotatable bonds is 3. The molecule has 1 saturated heterocycles. The van der Waals surface area contributed by atoms with Gasteiger partial charge in [-0.3, -0.25) is 0 Å². The van der Waals surface area contributed by atoms with Gasteiger partial charge in [0.2, 0.25) is 0 Å². The molecule has 0 aromatic heterocycles. The Labute approximate surface area is 73.7 Å². The number of Topliss-reactive ketones (excluding diaryl/α,β-unsaturated/α-hetero) is 1. The molecule has 0 radical (unpaired) electrons. The number of ketones is 1. The fraction of sp³-hybridized carbons (Fsp3) is 0.889. The van der Waals surface area contributed by atoms with Crippen molar-refractivity contribution in [3.05, 3.63) is 0 Å². The molecule has 0 spiro atoms. The molecule has 0 atom stereocenters. The zero-order valence-electron chi connectivity index (χ0n) is 7.71. The molecular formula is C9H18O3. The quantitative estimate of drug-likeness (QED) is 0.698. The van der Waals surface area contributed by atoms with Crippen LogP contribution in [0.25, 0.3) is 0 Å². The van der Waals surface area contributed by atoms with E-state index >= 15 is 0 Å². The van der Waals surface area contributed by atoms with E-state index in [0.29, 0.717) is 12.8 Å². The van der Waals surface area contributed by atoms with E-state index in [4.69, 9.17) is 9.84 Å². The van der Waals surface area contributed by atoms with E-state index in [1.165, 1.54) is 19.8 Å². The number of carbonyl (C=O) groups excluding carboxylic acids is 1. The van der Waals surface area contributed by atoms with E-state index in [1.54, 1.807) is 0 Å². The highest BCUT2D eigenvalue weighted by atomic mass is 16.5. The average Bonchev–Trinajstić information content (AvgIpc) is 2.57.